The molecule has 0 unspecified atom stereocenters. The molecular formula is C25H39NO4. The van der Waals surface area contributed by atoms with E-state index in [-0.39, 0.29) is 5.56 Å². The molecule has 168 valence electrons. The molecule has 5 nitrogen and oxygen atoms in total. The number of hydrogen-bond donors (Lipinski definition) is 0. The molecule has 0 N–H and O–H groups in total. The Morgan fingerprint density at radius 3 is 2.07 bits per heavy atom. The van der Waals surface area contributed by atoms with E-state index in [9.17, 15) is 4.79 Å². The third-order valence-corrected chi connectivity index (χ3v) is 5.50. The third-order valence-electron chi connectivity index (χ3n) is 5.50. The smallest absolute Gasteiger partial charge is 0.297 e. The lowest BCUT2D eigenvalue weighted by atomic mass is 10.1. The molecule has 0 radical (unpaired) electrons. The molecule has 1 aromatic heterocycles. The standard InChI is InChI=1S/C25H39NO4/c1-5-7-9-11-12-14-17-29-20-15-16-21-22(19-20)26(3)25(27)24(23(21)28-4)30-18-13-10-8-6-2/h15-16,19H,5-14,17-18H2,1-4H3. The van der Waals surface area contributed by atoms with Crippen molar-refractivity contribution in [2.75, 3.05) is 20.3 Å². The second-order valence-corrected chi connectivity index (χ2v) is 7.93. The fraction of sp³-hybridized carbons (Fsp3) is 0.640. The van der Waals surface area contributed by atoms with Crippen LogP contribution in [0.4, 0.5) is 0 Å². The fourth-order valence-electron chi connectivity index (χ4n) is 3.66. The van der Waals surface area contributed by atoms with E-state index in [2.05, 4.69) is 13.8 Å². The summed E-state index contributed by atoms with van der Waals surface area (Å²) >= 11 is 0. The number of rotatable bonds is 15. The molecule has 1 aromatic carbocycles. The van der Waals surface area contributed by atoms with Crippen molar-refractivity contribution in [1.29, 1.82) is 0 Å². The average Bonchev–Trinajstić information content (AvgIpc) is 2.76. The van der Waals surface area contributed by atoms with Gasteiger partial charge < -0.3 is 18.8 Å². The van der Waals surface area contributed by atoms with Crippen LogP contribution in [0.5, 0.6) is 17.2 Å². The van der Waals surface area contributed by atoms with Crippen LogP contribution in [0.1, 0.15) is 78.1 Å². The minimum absolute atomic E-state index is 0.178. The molecule has 30 heavy (non-hydrogen) atoms. The Bertz CT molecular complexity index is 828. The van der Waals surface area contributed by atoms with E-state index in [1.54, 1.807) is 18.7 Å². The summed E-state index contributed by atoms with van der Waals surface area (Å²) in [6, 6.07) is 5.81. The number of hydrogen-bond acceptors (Lipinski definition) is 4. The van der Waals surface area contributed by atoms with Crippen molar-refractivity contribution >= 4 is 10.9 Å². The summed E-state index contributed by atoms with van der Waals surface area (Å²) in [4.78, 5) is 12.9. The number of methoxy groups -OCH3 is 1. The Kier molecular flexibility index (Phi) is 10.6. The molecule has 5 heteroatoms. The first kappa shape index (κ1) is 24.1. The summed E-state index contributed by atoms with van der Waals surface area (Å²) in [5, 5.41) is 0.857. The van der Waals surface area contributed by atoms with E-state index in [0.717, 1.165) is 35.9 Å². The highest BCUT2D eigenvalue weighted by Crippen LogP contribution is 2.34. The summed E-state index contributed by atoms with van der Waals surface area (Å²) in [6.45, 7) is 5.63. The topological polar surface area (TPSA) is 49.7 Å². The lowest BCUT2D eigenvalue weighted by Crippen LogP contribution is -2.21. The molecule has 0 aliphatic carbocycles. The Labute approximate surface area is 181 Å². The van der Waals surface area contributed by atoms with E-state index in [0.29, 0.717) is 24.7 Å². The quantitative estimate of drug-likeness (QED) is 0.322. The molecule has 0 atom stereocenters. The van der Waals surface area contributed by atoms with E-state index < -0.39 is 0 Å². The molecule has 0 amide bonds. The molecule has 0 fully saturated rings. The number of aromatic nitrogens is 1. The summed E-state index contributed by atoms with van der Waals surface area (Å²) < 4.78 is 19.0. The van der Waals surface area contributed by atoms with Gasteiger partial charge in [-0.15, -0.1) is 0 Å². The van der Waals surface area contributed by atoms with Crippen LogP contribution in [0.15, 0.2) is 23.0 Å². The van der Waals surface area contributed by atoms with Gasteiger partial charge in [-0.2, -0.15) is 0 Å². The third kappa shape index (κ3) is 6.68. The van der Waals surface area contributed by atoms with Gasteiger partial charge in [-0.3, -0.25) is 4.79 Å². The molecular weight excluding hydrogens is 378 g/mol. The van der Waals surface area contributed by atoms with Gasteiger partial charge in [0.25, 0.3) is 5.56 Å². The SMILES string of the molecule is CCCCCCCCOc1ccc2c(OC)c(OCCCCCC)c(=O)n(C)c2c1. The minimum atomic E-state index is -0.178. The summed E-state index contributed by atoms with van der Waals surface area (Å²) in [5.41, 5.74) is 0.610. The first-order chi connectivity index (χ1) is 14.6. The van der Waals surface area contributed by atoms with Gasteiger partial charge in [0.15, 0.2) is 5.75 Å². The van der Waals surface area contributed by atoms with Crippen LogP contribution in [0.25, 0.3) is 10.9 Å². The van der Waals surface area contributed by atoms with Crippen molar-refractivity contribution in [2.45, 2.75) is 78.1 Å². The predicted octanol–water partition coefficient (Wildman–Crippen LogP) is 6.25. The molecule has 0 bridgehead atoms. The maximum Gasteiger partial charge on any atom is 0.297 e. The van der Waals surface area contributed by atoms with Gasteiger partial charge in [0.2, 0.25) is 5.75 Å². The summed E-state index contributed by atoms with van der Waals surface area (Å²) in [7, 11) is 3.35. The van der Waals surface area contributed by atoms with Gasteiger partial charge >= 0.3 is 0 Å². The number of ether oxygens (including phenoxy) is 3. The van der Waals surface area contributed by atoms with Gasteiger partial charge in [-0.05, 0) is 25.0 Å². The molecule has 0 spiro atoms. The van der Waals surface area contributed by atoms with Crippen molar-refractivity contribution in [2.24, 2.45) is 7.05 Å². The molecule has 0 aliphatic heterocycles. The van der Waals surface area contributed by atoms with Crippen LogP contribution >= 0.6 is 0 Å². The Morgan fingerprint density at radius 2 is 1.40 bits per heavy atom. The second kappa shape index (κ2) is 13.2. The molecule has 2 rings (SSSR count). The van der Waals surface area contributed by atoms with Crippen molar-refractivity contribution in [1.82, 2.24) is 4.57 Å². The van der Waals surface area contributed by atoms with E-state index >= 15 is 0 Å². The first-order valence-electron chi connectivity index (χ1n) is 11.6. The minimum Gasteiger partial charge on any atom is -0.494 e. The van der Waals surface area contributed by atoms with Gasteiger partial charge in [-0.25, -0.2) is 0 Å². The average molecular weight is 418 g/mol. The molecule has 0 saturated carbocycles. The normalized spacial score (nSPS) is 11.1. The largest absolute Gasteiger partial charge is 0.494 e. The Morgan fingerprint density at radius 1 is 0.800 bits per heavy atom. The highest BCUT2D eigenvalue weighted by Gasteiger charge is 2.18. The second-order valence-electron chi connectivity index (χ2n) is 7.93. The van der Waals surface area contributed by atoms with Gasteiger partial charge in [0.1, 0.15) is 5.75 Å². The van der Waals surface area contributed by atoms with Crippen molar-refractivity contribution in [3.8, 4) is 17.2 Å². The predicted molar refractivity (Wildman–Crippen MR) is 124 cm³/mol. The number of benzene rings is 1. The van der Waals surface area contributed by atoms with Crippen LogP contribution < -0.4 is 19.8 Å². The zero-order valence-electron chi connectivity index (χ0n) is 19.3. The summed E-state index contributed by atoms with van der Waals surface area (Å²) in [5.74, 6) is 1.58. The van der Waals surface area contributed by atoms with Crippen LogP contribution in [0, 0.1) is 0 Å². The van der Waals surface area contributed by atoms with E-state index in [1.807, 2.05) is 18.2 Å². The number of fused-ring (bicyclic) bond motifs is 1. The Balaban J connectivity index is 2.08. The number of unbranched alkanes of at least 4 members (excludes halogenated alkanes) is 8. The fourth-order valence-corrected chi connectivity index (χ4v) is 3.66. The van der Waals surface area contributed by atoms with Crippen LogP contribution in [-0.2, 0) is 7.05 Å². The molecule has 1 heterocycles. The van der Waals surface area contributed by atoms with Crippen LogP contribution in [-0.4, -0.2) is 24.9 Å². The number of pyridine rings is 1. The van der Waals surface area contributed by atoms with Crippen molar-refractivity contribution in [3.05, 3.63) is 28.6 Å². The van der Waals surface area contributed by atoms with E-state index in [1.165, 1.54) is 44.9 Å². The lowest BCUT2D eigenvalue weighted by molar-refractivity contribution is 0.281. The highest BCUT2D eigenvalue weighted by molar-refractivity contribution is 5.89. The van der Waals surface area contributed by atoms with Crippen LogP contribution in [0.2, 0.25) is 0 Å². The highest BCUT2D eigenvalue weighted by atomic mass is 16.5. The van der Waals surface area contributed by atoms with Gasteiger partial charge in [0, 0.05) is 18.5 Å². The molecule has 0 aliphatic rings. The lowest BCUT2D eigenvalue weighted by Gasteiger charge is -2.16. The number of nitrogens with zero attached hydrogens (tertiary/aromatic N) is 1. The zero-order valence-corrected chi connectivity index (χ0v) is 19.3. The van der Waals surface area contributed by atoms with Crippen molar-refractivity contribution < 1.29 is 14.2 Å². The summed E-state index contributed by atoms with van der Waals surface area (Å²) in [6.07, 6.45) is 11.8. The van der Waals surface area contributed by atoms with Gasteiger partial charge in [-0.1, -0.05) is 65.2 Å². The zero-order chi connectivity index (χ0) is 21.8. The monoisotopic (exact) mass is 417 g/mol. The van der Waals surface area contributed by atoms with E-state index in [4.69, 9.17) is 14.2 Å². The van der Waals surface area contributed by atoms with Gasteiger partial charge in [0.05, 0.1) is 25.8 Å². The molecule has 0 saturated heterocycles. The van der Waals surface area contributed by atoms with Crippen LogP contribution in [0.3, 0.4) is 0 Å². The maximum absolute atomic E-state index is 12.9. The first-order valence-corrected chi connectivity index (χ1v) is 11.6. The maximum atomic E-state index is 12.9. The van der Waals surface area contributed by atoms with Crippen molar-refractivity contribution in [3.63, 3.8) is 0 Å². The Hall–Kier alpha value is -2.17. The number of aryl methyl sites for hydroxylation is 1. The molecule has 2 aromatic rings.